The zero-order valence-corrected chi connectivity index (χ0v) is 29.6. The van der Waals surface area contributed by atoms with Crippen molar-refractivity contribution in [2.24, 2.45) is 0 Å². The molecule has 2 nitrogen and oxygen atoms in total. The third-order valence-electron chi connectivity index (χ3n) is 10.8. The van der Waals surface area contributed by atoms with E-state index in [1.807, 2.05) is 11.3 Å². The van der Waals surface area contributed by atoms with Crippen molar-refractivity contribution in [3.63, 3.8) is 0 Å². The maximum atomic E-state index is 2.47. The smallest absolute Gasteiger partial charge is 0.0788 e. The van der Waals surface area contributed by atoms with E-state index < -0.39 is 0 Å². The number of thiophene rings is 1. The highest BCUT2D eigenvalue weighted by molar-refractivity contribution is 7.26. The van der Waals surface area contributed by atoms with E-state index in [4.69, 9.17) is 0 Å². The van der Waals surface area contributed by atoms with Gasteiger partial charge < -0.3 is 9.13 Å². The summed E-state index contributed by atoms with van der Waals surface area (Å²) in [6.45, 7) is 0. The molecule has 8 aromatic carbocycles. The van der Waals surface area contributed by atoms with Crippen molar-refractivity contribution in [3.05, 3.63) is 194 Å². The van der Waals surface area contributed by atoms with E-state index in [0.29, 0.717) is 0 Å². The molecule has 0 aliphatic heterocycles. The van der Waals surface area contributed by atoms with Crippen LogP contribution in [-0.4, -0.2) is 9.13 Å². The Labute approximate surface area is 311 Å². The summed E-state index contributed by atoms with van der Waals surface area (Å²) in [5, 5.41) is 6.36. The third kappa shape index (κ3) is 4.64. The summed E-state index contributed by atoms with van der Waals surface area (Å²) in [7, 11) is 0. The average molecular weight is 693 g/mol. The number of rotatable bonds is 5. The number of aromatic nitrogens is 2. The van der Waals surface area contributed by atoms with E-state index in [1.165, 1.54) is 86.3 Å². The molecule has 0 aliphatic rings. The van der Waals surface area contributed by atoms with Gasteiger partial charge in [0, 0.05) is 59.5 Å². The van der Waals surface area contributed by atoms with Crippen molar-refractivity contribution < 1.29 is 0 Å². The van der Waals surface area contributed by atoms with Gasteiger partial charge in [0.2, 0.25) is 0 Å². The number of nitrogens with zero attached hydrogens (tertiary/aromatic N) is 2. The van der Waals surface area contributed by atoms with Crippen LogP contribution >= 0.6 is 11.3 Å². The zero-order chi connectivity index (χ0) is 34.9. The first-order valence-electron chi connectivity index (χ1n) is 18.1. The Kier molecular flexibility index (Phi) is 6.76. The van der Waals surface area contributed by atoms with E-state index in [1.54, 1.807) is 0 Å². The molecule has 11 rings (SSSR count). The maximum Gasteiger partial charge on any atom is 0.0788 e. The summed E-state index contributed by atoms with van der Waals surface area (Å²) in [5.74, 6) is 0. The van der Waals surface area contributed by atoms with Crippen LogP contribution in [-0.2, 0) is 0 Å². The third-order valence-corrected chi connectivity index (χ3v) is 12.1. The van der Waals surface area contributed by atoms with E-state index in [2.05, 4.69) is 203 Å². The molecule has 0 saturated heterocycles. The Morgan fingerprint density at radius 3 is 1.51 bits per heavy atom. The predicted octanol–water partition coefficient (Wildman–Crippen LogP) is 14.1. The SMILES string of the molecule is c1ccc(-c2cn(-c3ccccc3)c3c2ccc2c4ccccc4n(-c4ccc(-c5cccc6c5sc5c(-c7ccccc7)cccc56)cc4)c23)cc1. The van der Waals surface area contributed by atoms with Gasteiger partial charge in [-0.2, -0.15) is 0 Å². The van der Waals surface area contributed by atoms with Crippen LogP contribution in [0.2, 0.25) is 0 Å². The Balaban J connectivity index is 1.13. The summed E-state index contributed by atoms with van der Waals surface area (Å²) in [4.78, 5) is 0. The molecule has 248 valence electrons. The van der Waals surface area contributed by atoms with E-state index in [0.717, 1.165) is 11.4 Å². The normalized spacial score (nSPS) is 11.8. The van der Waals surface area contributed by atoms with Crippen LogP contribution in [0.1, 0.15) is 0 Å². The Morgan fingerprint density at radius 1 is 0.321 bits per heavy atom. The summed E-state index contributed by atoms with van der Waals surface area (Å²) < 4.78 is 7.52. The highest BCUT2D eigenvalue weighted by Gasteiger charge is 2.21. The lowest BCUT2D eigenvalue weighted by molar-refractivity contribution is 1.12. The van der Waals surface area contributed by atoms with Gasteiger partial charge in [0.15, 0.2) is 0 Å². The molecule has 11 aromatic rings. The second-order valence-electron chi connectivity index (χ2n) is 13.7. The standard InChI is InChI=1S/C50H32N2S/c1-4-14-33(15-5-1)38-21-12-23-43-44-24-13-22-39(50(44)53-49(38)43)35-26-28-37(29-27-35)52-46-25-11-10-20-40(46)41-30-31-42-45(34-16-6-2-7-17-34)32-51(47(42)48(41)52)36-18-8-3-9-19-36/h1-32H. The molecule has 0 bridgehead atoms. The van der Waals surface area contributed by atoms with Gasteiger partial charge >= 0.3 is 0 Å². The number of hydrogen-bond donors (Lipinski definition) is 0. The van der Waals surface area contributed by atoms with Gasteiger partial charge in [-0.05, 0) is 58.1 Å². The van der Waals surface area contributed by atoms with Gasteiger partial charge in [0.25, 0.3) is 0 Å². The zero-order valence-electron chi connectivity index (χ0n) is 28.8. The maximum absolute atomic E-state index is 2.47. The molecule has 3 aromatic heterocycles. The van der Waals surface area contributed by atoms with Gasteiger partial charge in [0.1, 0.15) is 0 Å². The molecule has 0 N–H and O–H groups in total. The molecule has 0 radical (unpaired) electrons. The van der Waals surface area contributed by atoms with Crippen molar-refractivity contribution in [2.75, 3.05) is 0 Å². The Hall–Kier alpha value is -6.68. The molecular weight excluding hydrogens is 661 g/mol. The number of benzene rings is 8. The van der Waals surface area contributed by atoms with Crippen molar-refractivity contribution >= 4 is 64.2 Å². The van der Waals surface area contributed by atoms with E-state index >= 15 is 0 Å². The first-order chi connectivity index (χ1) is 26.3. The summed E-state index contributed by atoms with van der Waals surface area (Å²) >= 11 is 1.90. The van der Waals surface area contributed by atoms with Crippen molar-refractivity contribution in [1.29, 1.82) is 0 Å². The minimum Gasteiger partial charge on any atom is -0.314 e. The van der Waals surface area contributed by atoms with Crippen LogP contribution in [0.5, 0.6) is 0 Å². The molecule has 0 amide bonds. The van der Waals surface area contributed by atoms with Gasteiger partial charge in [-0.1, -0.05) is 158 Å². The lowest BCUT2D eigenvalue weighted by Gasteiger charge is -2.13. The fraction of sp³-hybridized carbons (Fsp3) is 0. The number of fused-ring (bicyclic) bond motifs is 8. The number of para-hydroxylation sites is 2. The number of hydrogen-bond acceptors (Lipinski definition) is 1. The highest BCUT2D eigenvalue weighted by atomic mass is 32.1. The molecule has 0 saturated carbocycles. The molecule has 0 atom stereocenters. The second-order valence-corrected chi connectivity index (χ2v) is 14.7. The van der Waals surface area contributed by atoms with E-state index in [-0.39, 0.29) is 0 Å². The minimum atomic E-state index is 1.14. The Bertz CT molecular complexity index is 3130. The fourth-order valence-corrected chi connectivity index (χ4v) is 9.73. The largest absolute Gasteiger partial charge is 0.314 e. The predicted molar refractivity (Wildman–Crippen MR) is 227 cm³/mol. The van der Waals surface area contributed by atoms with Crippen molar-refractivity contribution in [2.45, 2.75) is 0 Å². The van der Waals surface area contributed by atoms with Crippen LogP contribution in [0.4, 0.5) is 0 Å². The van der Waals surface area contributed by atoms with Crippen LogP contribution < -0.4 is 0 Å². The summed E-state index contributed by atoms with van der Waals surface area (Å²) in [5.41, 5.74) is 13.4. The van der Waals surface area contributed by atoms with Crippen molar-refractivity contribution in [1.82, 2.24) is 9.13 Å². The summed E-state index contributed by atoms with van der Waals surface area (Å²) in [6, 6.07) is 68.4. The lowest BCUT2D eigenvalue weighted by Crippen LogP contribution is -1.98. The van der Waals surface area contributed by atoms with Gasteiger partial charge in [-0.3, -0.25) is 0 Å². The van der Waals surface area contributed by atoms with Gasteiger partial charge in [-0.15, -0.1) is 11.3 Å². The van der Waals surface area contributed by atoms with Crippen LogP contribution in [0.15, 0.2) is 194 Å². The lowest BCUT2D eigenvalue weighted by atomic mass is 10.00. The van der Waals surface area contributed by atoms with Gasteiger partial charge in [-0.25, -0.2) is 0 Å². The van der Waals surface area contributed by atoms with Crippen molar-refractivity contribution in [3.8, 4) is 44.8 Å². The van der Waals surface area contributed by atoms with Crippen LogP contribution in [0.3, 0.4) is 0 Å². The fourth-order valence-electron chi connectivity index (χ4n) is 8.36. The first kappa shape index (κ1) is 30.0. The van der Waals surface area contributed by atoms with Crippen LogP contribution in [0.25, 0.3) is 97.6 Å². The van der Waals surface area contributed by atoms with E-state index in [9.17, 15) is 0 Å². The molecule has 3 heteroatoms. The molecule has 0 spiro atoms. The van der Waals surface area contributed by atoms with Crippen LogP contribution in [0, 0.1) is 0 Å². The monoisotopic (exact) mass is 692 g/mol. The molecule has 0 unspecified atom stereocenters. The molecule has 3 heterocycles. The first-order valence-corrected chi connectivity index (χ1v) is 18.9. The second kappa shape index (κ2) is 11.9. The quantitative estimate of drug-likeness (QED) is 0.170. The molecule has 0 fully saturated rings. The molecular formula is C50H32N2S. The average Bonchev–Trinajstić information content (AvgIpc) is 3.92. The van der Waals surface area contributed by atoms with Gasteiger partial charge in [0.05, 0.1) is 16.6 Å². The topological polar surface area (TPSA) is 9.86 Å². The molecule has 53 heavy (non-hydrogen) atoms. The summed E-state index contributed by atoms with van der Waals surface area (Å²) in [6.07, 6.45) is 2.31. The molecule has 0 aliphatic carbocycles. The minimum absolute atomic E-state index is 1.14. The Morgan fingerprint density at radius 2 is 0.849 bits per heavy atom. The highest BCUT2D eigenvalue weighted by Crippen LogP contribution is 2.45.